The van der Waals surface area contributed by atoms with Crippen LogP contribution in [0.2, 0.25) is 0 Å². The zero-order valence-electron chi connectivity index (χ0n) is 13.3. The maximum atomic E-state index is 12.4. The van der Waals surface area contributed by atoms with Gasteiger partial charge in [-0.2, -0.15) is 0 Å². The highest BCUT2D eigenvalue weighted by atomic mass is 16.3. The van der Waals surface area contributed by atoms with Crippen LogP contribution in [0, 0.1) is 0 Å². The minimum Gasteiger partial charge on any atom is -0.392 e. The molecule has 2 unspecified atom stereocenters. The van der Waals surface area contributed by atoms with Gasteiger partial charge in [-0.25, -0.2) is 0 Å². The molecular formula is C16H30N2O2. The second-order valence-corrected chi connectivity index (χ2v) is 5.87. The van der Waals surface area contributed by atoms with Crippen molar-refractivity contribution in [2.45, 2.75) is 58.6 Å². The molecule has 1 rings (SSSR count). The van der Waals surface area contributed by atoms with Crippen molar-refractivity contribution in [3.63, 3.8) is 0 Å². The van der Waals surface area contributed by atoms with Gasteiger partial charge in [0.2, 0.25) is 5.91 Å². The lowest BCUT2D eigenvalue weighted by molar-refractivity contribution is -0.133. The van der Waals surface area contributed by atoms with E-state index < -0.39 is 0 Å². The fraction of sp³-hybridized carbons (Fsp3) is 0.812. The second-order valence-electron chi connectivity index (χ2n) is 5.87. The first-order valence-corrected chi connectivity index (χ1v) is 7.83. The highest BCUT2D eigenvalue weighted by Crippen LogP contribution is 2.21. The fourth-order valence-corrected chi connectivity index (χ4v) is 2.90. The van der Waals surface area contributed by atoms with Gasteiger partial charge in [-0.3, -0.25) is 9.69 Å². The van der Waals surface area contributed by atoms with E-state index in [-0.39, 0.29) is 18.1 Å². The van der Waals surface area contributed by atoms with Gasteiger partial charge in [0.15, 0.2) is 0 Å². The Morgan fingerprint density at radius 1 is 1.45 bits per heavy atom. The predicted molar refractivity (Wildman–Crippen MR) is 82.6 cm³/mol. The van der Waals surface area contributed by atoms with Crippen LogP contribution in [-0.4, -0.2) is 59.1 Å². The van der Waals surface area contributed by atoms with Gasteiger partial charge in [-0.15, -0.1) is 0 Å². The molecule has 1 fully saturated rings. The number of aliphatic hydroxyl groups is 1. The van der Waals surface area contributed by atoms with Gasteiger partial charge in [0.05, 0.1) is 12.6 Å². The van der Waals surface area contributed by atoms with Crippen molar-refractivity contribution in [1.29, 1.82) is 0 Å². The smallest absolute Gasteiger partial charge is 0.237 e. The normalized spacial score (nSPS) is 21.5. The number of likely N-dealkylation sites (tertiary alicyclic amines) is 1. The summed E-state index contributed by atoms with van der Waals surface area (Å²) < 4.78 is 0. The van der Waals surface area contributed by atoms with E-state index in [9.17, 15) is 9.90 Å². The van der Waals surface area contributed by atoms with Crippen molar-refractivity contribution in [3.05, 3.63) is 12.2 Å². The average Bonchev–Trinajstić information content (AvgIpc) is 2.44. The first-order valence-electron chi connectivity index (χ1n) is 7.83. The van der Waals surface area contributed by atoms with Gasteiger partial charge < -0.3 is 10.0 Å². The van der Waals surface area contributed by atoms with Crippen LogP contribution in [0.1, 0.15) is 46.5 Å². The third kappa shape index (κ3) is 4.91. The molecule has 1 heterocycles. The molecule has 2 atom stereocenters. The Morgan fingerprint density at radius 3 is 2.70 bits per heavy atom. The van der Waals surface area contributed by atoms with Crippen LogP contribution in [0.15, 0.2) is 12.2 Å². The highest BCUT2D eigenvalue weighted by Gasteiger charge is 2.29. The molecule has 0 aliphatic carbocycles. The van der Waals surface area contributed by atoms with Crippen molar-refractivity contribution in [2.24, 2.45) is 0 Å². The van der Waals surface area contributed by atoms with E-state index in [0.29, 0.717) is 19.6 Å². The number of nitrogens with zero attached hydrogens (tertiary/aromatic N) is 2. The summed E-state index contributed by atoms with van der Waals surface area (Å²) in [5, 5.41) is 10.1. The molecule has 0 saturated carbocycles. The quantitative estimate of drug-likeness (QED) is 0.727. The summed E-state index contributed by atoms with van der Waals surface area (Å²) in [5.74, 6) is 0.144. The molecule has 20 heavy (non-hydrogen) atoms. The van der Waals surface area contributed by atoms with Gasteiger partial charge >= 0.3 is 0 Å². The molecule has 4 nitrogen and oxygen atoms in total. The van der Waals surface area contributed by atoms with Crippen molar-refractivity contribution < 1.29 is 9.90 Å². The summed E-state index contributed by atoms with van der Waals surface area (Å²) in [6.07, 6.45) is 3.69. The van der Waals surface area contributed by atoms with Crippen LogP contribution >= 0.6 is 0 Å². The lowest BCUT2D eigenvalue weighted by Gasteiger charge is -2.38. The lowest BCUT2D eigenvalue weighted by atomic mass is 9.96. The standard InChI is InChI=1S/C16H30N2O2/c1-5-15(19)14-9-7-8-10-18(14)12-16(20)17(6-2)11-13(3)4/h14-15,19H,3,5-12H2,1-2,4H3. The number of amides is 1. The van der Waals surface area contributed by atoms with Crippen LogP contribution in [0.3, 0.4) is 0 Å². The molecule has 0 aromatic heterocycles. The Hall–Kier alpha value is -0.870. The lowest BCUT2D eigenvalue weighted by Crippen LogP contribution is -2.51. The summed E-state index contributed by atoms with van der Waals surface area (Å²) in [6, 6.07) is 0.140. The second kappa shape index (κ2) is 8.42. The van der Waals surface area contributed by atoms with E-state index >= 15 is 0 Å². The molecule has 1 aliphatic heterocycles. The summed E-state index contributed by atoms with van der Waals surface area (Å²) in [4.78, 5) is 16.4. The van der Waals surface area contributed by atoms with Crippen LogP contribution in [0.5, 0.6) is 0 Å². The van der Waals surface area contributed by atoms with Gasteiger partial charge in [-0.1, -0.05) is 25.5 Å². The van der Waals surface area contributed by atoms with Crippen LogP contribution < -0.4 is 0 Å². The topological polar surface area (TPSA) is 43.8 Å². The Balaban J connectivity index is 2.63. The van der Waals surface area contributed by atoms with E-state index in [1.54, 1.807) is 0 Å². The SMILES string of the molecule is C=C(C)CN(CC)C(=O)CN1CCCCC1C(O)CC. The zero-order valence-corrected chi connectivity index (χ0v) is 13.3. The molecular weight excluding hydrogens is 252 g/mol. The summed E-state index contributed by atoms with van der Waals surface area (Å²) in [5.41, 5.74) is 1.00. The maximum absolute atomic E-state index is 12.4. The van der Waals surface area contributed by atoms with Gasteiger partial charge in [0.1, 0.15) is 0 Å². The predicted octanol–water partition coefficient (Wildman–Crippen LogP) is 2.04. The van der Waals surface area contributed by atoms with E-state index in [4.69, 9.17) is 0 Å². The number of carbonyl (C=O) groups is 1. The van der Waals surface area contributed by atoms with Crippen LogP contribution in [0.25, 0.3) is 0 Å². The molecule has 1 saturated heterocycles. The minimum atomic E-state index is -0.320. The monoisotopic (exact) mass is 282 g/mol. The van der Waals surface area contributed by atoms with Crippen molar-refractivity contribution in [2.75, 3.05) is 26.2 Å². The molecule has 0 aromatic carbocycles. The highest BCUT2D eigenvalue weighted by molar-refractivity contribution is 5.78. The maximum Gasteiger partial charge on any atom is 0.237 e. The molecule has 0 bridgehead atoms. The molecule has 1 N–H and O–H groups in total. The third-order valence-corrected chi connectivity index (χ3v) is 4.06. The fourth-order valence-electron chi connectivity index (χ4n) is 2.90. The van der Waals surface area contributed by atoms with E-state index in [2.05, 4.69) is 11.5 Å². The van der Waals surface area contributed by atoms with Gasteiger partial charge in [0, 0.05) is 19.1 Å². The van der Waals surface area contributed by atoms with E-state index in [1.165, 1.54) is 0 Å². The Labute approximate surface area is 123 Å². The Morgan fingerprint density at radius 2 is 2.15 bits per heavy atom. The van der Waals surface area contributed by atoms with Crippen molar-refractivity contribution in [3.8, 4) is 0 Å². The first kappa shape index (κ1) is 17.2. The number of carbonyl (C=O) groups excluding carboxylic acids is 1. The van der Waals surface area contributed by atoms with Gasteiger partial charge in [0.25, 0.3) is 0 Å². The van der Waals surface area contributed by atoms with Crippen molar-refractivity contribution >= 4 is 5.91 Å². The first-order chi connectivity index (χ1) is 9.49. The van der Waals surface area contributed by atoms with Gasteiger partial charge in [-0.05, 0) is 39.7 Å². The number of piperidine rings is 1. The Kier molecular flexibility index (Phi) is 7.24. The summed E-state index contributed by atoms with van der Waals surface area (Å²) >= 11 is 0. The molecule has 1 amide bonds. The zero-order chi connectivity index (χ0) is 15.1. The van der Waals surface area contributed by atoms with E-state index in [1.807, 2.05) is 25.7 Å². The molecule has 116 valence electrons. The van der Waals surface area contributed by atoms with Crippen molar-refractivity contribution in [1.82, 2.24) is 9.80 Å². The summed E-state index contributed by atoms with van der Waals surface area (Å²) in [7, 11) is 0. The number of rotatable bonds is 7. The Bertz CT molecular complexity index is 330. The minimum absolute atomic E-state index is 0.140. The largest absolute Gasteiger partial charge is 0.392 e. The third-order valence-electron chi connectivity index (χ3n) is 4.06. The number of likely N-dealkylation sites (N-methyl/N-ethyl adjacent to an activating group) is 1. The van der Waals surface area contributed by atoms with Crippen LogP contribution in [0.4, 0.5) is 0 Å². The molecule has 0 spiro atoms. The molecule has 1 aliphatic rings. The summed E-state index contributed by atoms with van der Waals surface area (Å²) in [6.45, 7) is 12.5. The molecule has 0 aromatic rings. The molecule has 0 radical (unpaired) electrons. The van der Waals surface area contributed by atoms with E-state index in [0.717, 1.165) is 37.8 Å². The number of hydrogen-bond acceptors (Lipinski definition) is 3. The number of hydrogen-bond donors (Lipinski definition) is 1. The average molecular weight is 282 g/mol. The van der Waals surface area contributed by atoms with Crippen LogP contribution in [-0.2, 0) is 4.79 Å². The number of aliphatic hydroxyl groups excluding tert-OH is 1. The molecule has 4 heteroatoms.